The summed E-state index contributed by atoms with van der Waals surface area (Å²) in [5.74, 6) is 0.0163. The zero-order chi connectivity index (χ0) is 25.1. The lowest BCUT2D eigenvalue weighted by molar-refractivity contribution is -0.133. The van der Waals surface area contributed by atoms with E-state index in [4.69, 9.17) is 11.6 Å². The number of nitrogens with one attached hydrogen (secondary N) is 2. The summed E-state index contributed by atoms with van der Waals surface area (Å²) < 4.78 is 10.5. The third kappa shape index (κ3) is 5.43. The van der Waals surface area contributed by atoms with Gasteiger partial charge in [-0.1, -0.05) is 16.8 Å². The maximum atomic E-state index is 12.9. The molecule has 4 rings (SSSR count). The number of aromatic nitrogens is 4. The number of aryl methyl sites for hydroxylation is 1. The molecule has 0 aliphatic carbocycles. The zero-order valence-corrected chi connectivity index (χ0v) is 19.8. The van der Waals surface area contributed by atoms with Crippen LogP contribution in [0.4, 0.5) is 10.5 Å². The minimum absolute atomic E-state index is 0.00285. The van der Waals surface area contributed by atoms with Gasteiger partial charge in [-0.2, -0.15) is 0 Å². The number of nitrogens with zero attached hydrogens (tertiary/aromatic N) is 4. The minimum Gasteiger partial charge on any atom is -0.453 e. The summed E-state index contributed by atoms with van der Waals surface area (Å²) in [7, 11) is 1.23. The third-order valence-corrected chi connectivity index (χ3v) is 6.10. The fourth-order valence-electron chi connectivity index (χ4n) is 4.01. The normalized spacial score (nSPS) is 14.1. The first-order valence-electron chi connectivity index (χ1n) is 10.8. The van der Waals surface area contributed by atoms with Gasteiger partial charge in [0.05, 0.1) is 18.5 Å². The first kappa shape index (κ1) is 24.2. The molecule has 0 unspecified atom stereocenters. The fraction of sp³-hybridized carbons (Fsp3) is 0.364. The lowest BCUT2D eigenvalue weighted by Crippen LogP contribution is -2.41. The van der Waals surface area contributed by atoms with E-state index in [-0.39, 0.29) is 18.4 Å². The molecule has 1 fully saturated rings. The van der Waals surface area contributed by atoms with Gasteiger partial charge in [0.15, 0.2) is 5.82 Å². The Morgan fingerprint density at radius 3 is 2.63 bits per heavy atom. The maximum Gasteiger partial charge on any atom is 0.438 e. The number of ether oxygens (including phenoxy) is 1. The van der Waals surface area contributed by atoms with Crippen LogP contribution >= 0.6 is 11.6 Å². The molecule has 0 bridgehead atoms. The summed E-state index contributed by atoms with van der Waals surface area (Å²) in [6.45, 7) is 2.40. The van der Waals surface area contributed by atoms with Crippen LogP contribution in [0.25, 0.3) is 11.3 Å². The van der Waals surface area contributed by atoms with Crippen LogP contribution in [0.3, 0.4) is 0 Å². The average molecular weight is 503 g/mol. The Hall–Kier alpha value is -3.93. The Balaban J connectivity index is 1.49. The van der Waals surface area contributed by atoms with Crippen molar-refractivity contribution in [2.75, 3.05) is 25.5 Å². The van der Waals surface area contributed by atoms with Gasteiger partial charge in [-0.25, -0.2) is 14.6 Å². The SMILES string of the molecule is COC(=O)Nc1cc(Cl)ccc1-c1cc(=O)n(CC(=O)N2CCC(c3noc(=O)[nH]3)CC2)c(C)n1. The van der Waals surface area contributed by atoms with Crippen molar-refractivity contribution in [3.8, 4) is 11.3 Å². The first-order chi connectivity index (χ1) is 16.7. The van der Waals surface area contributed by atoms with Crippen LogP contribution in [0.1, 0.15) is 30.4 Å². The second kappa shape index (κ2) is 10.1. The number of hydrogen-bond donors (Lipinski definition) is 2. The predicted molar refractivity (Wildman–Crippen MR) is 125 cm³/mol. The monoisotopic (exact) mass is 502 g/mol. The van der Waals surface area contributed by atoms with E-state index < -0.39 is 17.4 Å². The number of aromatic amines is 1. The van der Waals surface area contributed by atoms with Crippen LogP contribution < -0.4 is 16.6 Å². The summed E-state index contributed by atoms with van der Waals surface area (Å²) in [6.07, 6.45) is 0.542. The number of carbonyl (C=O) groups excluding carboxylic acids is 2. The number of benzene rings is 1. The van der Waals surface area contributed by atoms with Crippen LogP contribution in [-0.2, 0) is 16.1 Å². The second-order valence-corrected chi connectivity index (χ2v) is 8.49. The van der Waals surface area contributed by atoms with Crippen molar-refractivity contribution in [2.45, 2.75) is 32.2 Å². The summed E-state index contributed by atoms with van der Waals surface area (Å²) in [5.41, 5.74) is 0.726. The molecule has 13 heteroatoms. The average Bonchev–Trinajstić information content (AvgIpc) is 3.27. The molecule has 184 valence electrons. The van der Waals surface area contributed by atoms with E-state index in [1.54, 1.807) is 24.0 Å². The number of hydrogen-bond acceptors (Lipinski definition) is 8. The van der Waals surface area contributed by atoms with Gasteiger partial charge in [-0.05, 0) is 38.0 Å². The predicted octanol–water partition coefficient (Wildman–Crippen LogP) is 2.13. The number of H-pyrrole nitrogens is 1. The van der Waals surface area contributed by atoms with Gasteiger partial charge in [0, 0.05) is 35.7 Å². The molecule has 1 aromatic carbocycles. The Labute approximate surface area is 203 Å². The van der Waals surface area contributed by atoms with E-state index in [2.05, 4.69) is 29.7 Å². The van der Waals surface area contributed by atoms with E-state index in [0.29, 0.717) is 59.5 Å². The highest BCUT2D eigenvalue weighted by Crippen LogP contribution is 2.29. The van der Waals surface area contributed by atoms with Gasteiger partial charge in [-0.15, -0.1) is 0 Å². The highest BCUT2D eigenvalue weighted by Gasteiger charge is 2.27. The van der Waals surface area contributed by atoms with Crippen molar-refractivity contribution in [1.82, 2.24) is 24.6 Å². The minimum atomic E-state index is -0.692. The largest absolute Gasteiger partial charge is 0.453 e. The molecule has 0 atom stereocenters. The lowest BCUT2D eigenvalue weighted by Gasteiger charge is -2.31. The highest BCUT2D eigenvalue weighted by atomic mass is 35.5. The van der Waals surface area contributed by atoms with Crippen molar-refractivity contribution in [3.05, 3.63) is 61.8 Å². The van der Waals surface area contributed by atoms with Crippen LogP contribution in [0, 0.1) is 6.92 Å². The molecule has 2 N–H and O–H groups in total. The Bertz CT molecular complexity index is 1370. The quantitative estimate of drug-likeness (QED) is 0.538. The molecule has 1 aliphatic heterocycles. The molecule has 3 aromatic rings. The van der Waals surface area contributed by atoms with Crippen molar-refractivity contribution in [2.24, 2.45) is 0 Å². The standard InChI is InChI=1S/C22H23ClN6O6/c1-12-24-17(15-4-3-14(23)9-16(15)25-21(32)34-2)10-18(30)29(12)11-19(31)28-7-5-13(6-8-28)20-26-22(33)35-27-20/h3-4,9-10,13H,5-8,11H2,1-2H3,(H,25,32)(H,26,27,33). The molecule has 3 heterocycles. The van der Waals surface area contributed by atoms with Gasteiger partial charge in [-0.3, -0.25) is 29.0 Å². The van der Waals surface area contributed by atoms with Gasteiger partial charge in [0.25, 0.3) is 5.56 Å². The lowest BCUT2D eigenvalue weighted by atomic mass is 9.96. The molecular formula is C22H23ClN6O6. The molecule has 2 amide bonds. The molecule has 2 aromatic heterocycles. The molecule has 0 saturated carbocycles. The number of anilines is 1. The maximum absolute atomic E-state index is 12.9. The molecule has 1 saturated heterocycles. The van der Waals surface area contributed by atoms with Crippen molar-refractivity contribution in [3.63, 3.8) is 0 Å². The first-order valence-corrected chi connectivity index (χ1v) is 11.2. The number of methoxy groups -OCH3 is 1. The van der Waals surface area contributed by atoms with Crippen molar-refractivity contribution < 1.29 is 18.8 Å². The zero-order valence-electron chi connectivity index (χ0n) is 19.0. The smallest absolute Gasteiger partial charge is 0.438 e. The number of piperidine rings is 1. The van der Waals surface area contributed by atoms with Gasteiger partial charge in [0.1, 0.15) is 12.4 Å². The molecule has 35 heavy (non-hydrogen) atoms. The van der Waals surface area contributed by atoms with Crippen LogP contribution in [-0.4, -0.2) is 56.8 Å². The van der Waals surface area contributed by atoms with Gasteiger partial charge >= 0.3 is 11.8 Å². The number of likely N-dealkylation sites (tertiary alicyclic amines) is 1. The summed E-state index contributed by atoms with van der Waals surface area (Å²) in [4.78, 5) is 57.4. The number of carbonyl (C=O) groups is 2. The topological polar surface area (TPSA) is 152 Å². The molecular weight excluding hydrogens is 480 g/mol. The summed E-state index contributed by atoms with van der Waals surface area (Å²) in [5, 5.41) is 6.67. The van der Waals surface area contributed by atoms with Crippen LogP contribution in [0.15, 0.2) is 38.4 Å². The fourth-order valence-corrected chi connectivity index (χ4v) is 4.18. The van der Waals surface area contributed by atoms with E-state index in [1.165, 1.54) is 23.8 Å². The van der Waals surface area contributed by atoms with Crippen molar-refractivity contribution >= 4 is 29.3 Å². The Kier molecular flexibility index (Phi) is 7.01. The molecule has 0 radical (unpaired) electrons. The number of halogens is 1. The molecule has 0 spiro atoms. The van der Waals surface area contributed by atoms with Gasteiger partial charge in [0.2, 0.25) is 5.91 Å². The van der Waals surface area contributed by atoms with Crippen LogP contribution in [0.2, 0.25) is 5.02 Å². The van der Waals surface area contributed by atoms with Crippen molar-refractivity contribution in [1.29, 1.82) is 0 Å². The highest BCUT2D eigenvalue weighted by molar-refractivity contribution is 6.31. The van der Waals surface area contributed by atoms with E-state index >= 15 is 0 Å². The second-order valence-electron chi connectivity index (χ2n) is 8.05. The third-order valence-electron chi connectivity index (χ3n) is 5.86. The van der Waals surface area contributed by atoms with E-state index in [0.717, 1.165) is 0 Å². The van der Waals surface area contributed by atoms with E-state index in [9.17, 15) is 19.2 Å². The van der Waals surface area contributed by atoms with Gasteiger partial charge < -0.3 is 9.64 Å². The summed E-state index contributed by atoms with van der Waals surface area (Å²) >= 11 is 6.05. The van der Waals surface area contributed by atoms with E-state index in [1.807, 2.05) is 0 Å². The number of amides is 2. The summed E-state index contributed by atoms with van der Waals surface area (Å²) in [6, 6.07) is 6.08. The molecule has 12 nitrogen and oxygen atoms in total. The Morgan fingerprint density at radius 1 is 1.26 bits per heavy atom. The molecule has 1 aliphatic rings. The Morgan fingerprint density at radius 2 is 2.00 bits per heavy atom. The van der Waals surface area contributed by atoms with Crippen LogP contribution in [0.5, 0.6) is 0 Å². The number of rotatable bonds is 5.